The Kier molecular flexibility index (Phi) is 4.00. The van der Waals surface area contributed by atoms with Gasteiger partial charge in [0.25, 0.3) is 0 Å². The second-order valence-electron chi connectivity index (χ2n) is 5.12. The minimum Gasteiger partial charge on any atom is -0.324 e. The lowest BCUT2D eigenvalue weighted by Gasteiger charge is -2.20. The van der Waals surface area contributed by atoms with E-state index in [4.69, 9.17) is 11.6 Å². The molecule has 0 saturated carbocycles. The summed E-state index contributed by atoms with van der Waals surface area (Å²) in [6.07, 6.45) is -5.12. The minimum absolute atomic E-state index is 0.446. The maximum Gasteiger partial charge on any atom is 0.391 e. The van der Waals surface area contributed by atoms with Crippen LogP contribution in [0.3, 0.4) is 0 Å². The maximum absolute atomic E-state index is 12.6. The van der Waals surface area contributed by atoms with E-state index in [1.807, 2.05) is 25.1 Å². The molecular weight excluding hydrogens is 289 g/mol. The Bertz CT molecular complexity index is 617. The highest BCUT2D eigenvalue weighted by atomic mass is 35.5. The lowest BCUT2D eigenvalue weighted by molar-refractivity contribution is -0.141. The lowest BCUT2D eigenvalue weighted by atomic mass is 10.2. The van der Waals surface area contributed by atoms with E-state index in [-0.39, 0.29) is 0 Å². The van der Waals surface area contributed by atoms with Crippen molar-refractivity contribution in [2.75, 3.05) is 0 Å². The van der Waals surface area contributed by atoms with Crippen LogP contribution in [0.2, 0.25) is 0 Å². The quantitative estimate of drug-likeness (QED) is 0.716. The van der Waals surface area contributed by atoms with Gasteiger partial charge >= 0.3 is 6.18 Å². The molecule has 0 radical (unpaired) electrons. The van der Waals surface area contributed by atoms with E-state index < -0.39 is 24.0 Å². The van der Waals surface area contributed by atoms with Crippen LogP contribution in [-0.2, 0) is 0 Å². The summed E-state index contributed by atoms with van der Waals surface area (Å²) in [6.45, 7) is 5.15. The number of imidazole rings is 1. The van der Waals surface area contributed by atoms with Crippen molar-refractivity contribution in [1.29, 1.82) is 0 Å². The van der Waals surface area contributed by atoms with Gasteiger partial charge in [0.2, 0.25) is 0 Å². The molecule has 2 atom stereocenters. The Morgan fingerprint density at radius 3 is 2.50 bits per heavy atom. The molecule has 0 spiro atoms. The Morgan fingerprint density at radius 2 is 1.95 bits per heavy atom. The van der Waals surface area contributed by atoms with Gasteiger partial charge in [0, 0.05) is 6.04 Å². The fraction of sp³-hybridized carbons (Fsp3) is 0.500. The van der Waals surface area contributed by atoms with Crippen molar-refractivity contribution >= 4 is 22.6 Å². The summed E-state index contributed by atoms with van der Waals surface area (Å²) in [6, 6.07) is 4.80. The zero-order valence-corrected chi connectivity index (χ0v) is 12.3. The molecule has 6 heteroatoms. The van der Waals surface area contributed by atoms with Gasteiger partial charge in [-0.15, -0.1) is 11.6 Å². The van der Waals surface area contributed by atoms with Gasteiger partial charge in [-0.1, -0.05) is 6.07 Å². The summed E-state index contributed by atoms with van der Waals surface area (Å²) in [5.74, 6) is 0.476. The van der Waals surface area contributed by atoms with Crippen LogP contribution >= 0.6 is 11.6 Å². The number of hydrogen-bond acceptors (Lipinski definition) is 1. The summed E-state index contributed by atoms with van der Waals surface area (Å²) in [7, 11) is 0. The molecule has 0 aliphatic heterocycles. The van der Waals surface area contributed by atoms with Crippen LogP contribution in [0, 0.1) is 6.92 Å². The lowest BCUT2D eigenvalue weighted by Crippen LogP contribution is -2.18. The Labute approximate surface area is 120 Å². The smallest absolute Gasteiger partial charge is 0.324 e. The third-order valence-corrected chi connectivity index (χ3v) is 3.39. The molecule has 1 aromatic carbocycles. The van der Waals surface area contributed by atoms with Gasteiger partial charge in [0.05, 0.1) is 22.8 Å². The zero-order valence-electron chi connectivity index (χ0n) is 11.5. The minimum atomic E-state index is -4.22. The van der Waals surface area contributed by atoms with Crippen LogP contribution in [0.5, 0.6) is 0 Å². The molecule has 0 N–H and O–H groups in total. The van der Waals surface area contributed by atoms with Gasteiger partial charge in [0.15, 0.2) is 0 Å². The van der Waals surface area contributed by atoms with Crippen LogP contribution < -0.4 is 0 Å². The normalized spacial score (nSPS) is 15.6. The fourth-order valence-corrected chi connectivity index (χ4v) is 2.55. The second kappa shape index (κ2) is 5.28. The van der Waals surface area contributed by atoms with E-state index >= 15 is 0 Å². The van der Waals surface area contributed by atoms with Crippen molar-refractivity contribution in [1.82, 2.24) is 9.55 Å². The zero-order chi connectivity index (χ0) is 15.1. The Morgan fingerprint density at radius 1 is 1.30 bits per heavy atom. The van der Waals surface area contributed by atoms with E-state index in [9.17, 15) is 13.2 Å². The van der Waals surface area contributed by atoms with Crippen LogP contribution in [0.25, 0.3) is 11.0 Å². The number of alkyl halides is 4. The summed E-state index contributed by atoms with van der Waals surface area (Å²) >= 11 is 6.07. The molecule has 0 fully saturated rings. The highest BCUT2D eigenvalue weighted by Crippen LogP contribution is 2.34. The van der Waals surface area contributed by atoms with E-state index in [0.29, 0.717) is 16.9 Å². The summed E-state index contributed by atoms with van der Waals surface area (Å²) in [5, 5.41) is -0.446. The molecule has 1 aromatic heterocycles. The molecule has 1 heterocycles. The van der Waals surface area contributed by atoms with Crippen LogP contribution in [0.4, 0.5) is 13.2 Å². The third-order valence-electron chi connectivity index (χ3n) is 3.20. The fourth-order valence-electron chi connectivity index (χ4n) is 2.39. The van der Waals surface area contributed by atoms with Crippen LogP contribution in [0.1, 0.15) is 43.1 Å². The molecule has 0 saturated heterocycles. The van der Waals surface area contributed by atoms with E-state index in [1.54, 1.807) is 18.4 Å². The number of benzene rings is 1. The highest BCUT2D eigenvalue weighted by molar-refractivity contribution is 6.20. The SMILES string of the molecule is Cc1ccc2nc(C(C)Cl)n(C(C)CC(F)(F)F)c2c1. The summed E-state index contributed by atoms with van der Waals surface area (Å²) < 4.78 is 39.5. The first kappa shape index (κ1) is 15.2. The Balaban J connectivity index is 2.58. The molecule has 2 rings (SSSR count). The standard InChI is InChI=1S/C14H16ClF3N2/c1-8-4-5-11-12(6-8)20(13(19-11)10(3)15)9(2)7-14(16,17)18/h4-6,9-10H,7H2,1-3H3. The van der Waals surface area contributed by atoms with Crippen molar-refractivity contribution in [2.45, 2.75) is 44.8 Å². The van der Waals surface area contributed by atoms with E-state index in [1.165, 1.54) is 0 Å². The number of halogens is 4. The molecule has 0 aliphatic carbocycles. The summed E-state index contributed by atoms with van der Waals surface area (Å²) in [5.41, 5.74) is 2.35. The molecule has 0 aliphatic rings. The van der Waals surface area contributed by atoms with Gasteiger partial charge in [-0.3, -0.25) is 0 Å². The largest absolute Gasteiger partial charge is 0.391 e. The van der Waals surface area contributed by atoms with Crippen molar-refractivity contribution in [2.24, 2.45) is 0 Å². The van der Waals surface area contributed by atoms with Gasteiger partial charge in [-0.05, 0) is 38.5 Å². The molecule has 2 unspecified atom stereocenters. The molecule has 0 bridgehead atoms. The van der Waals surface area contributed by atoms with Crippen molar-refractivity contribution in [3.8, 4) is 0 Å². The van der Waals surface area contributed by atoms with Crippen LogP contribution in [0.15, 0.2) is 18.2 Å². The van der Waals surface area contributed by atoms with Crippen molar-refractivity contribution in [3.05, 3.63) is 29.6 Å². The number of nitrogens with zero attached hydrogens (tertiary/aromatic N) is 2. The number of rotatable bonds is 3. The molecule has 2 aromatic rings. The number of aromatic nitrogens is 2. The molecular formula is C14H16ClF3N2. The van der Waals surface area contributed by atoms with Gasteiger partial charge < -0.3 is 4.57 Å². The van der Waals surface area contributed by atoms with Crippen molar-refractivity contribution < 1.29 is 13.2 Å². The average Bonchev–Trinajstić information content (AvgIpc) is 2.65. The number of fused-ring (bicyclic) bond motifs is 1. The highest BCUT2D eigenvalue weighted by Gasteiger charge is 2.32. The molecule has 20 heavy (non-hydrogen) atoms. The Hall–Kier alpha value is -1.23. The van der Waals surface area contributed by atoms with Gasteiger partial charge in [0.1, 0.15) is 5.82 Å². The first-order chi connectivity index (χ1) is 9.19. The number of hydrogen-bond donors (Lipinski definition) is 0. The third kappa shape index (κ3) is 3.08. The van der Waals surface area contributed by atoms with Crippen LogP contribution in [-0.4, -0.2) is 15.7 Å². The topological polar surface area (TPSA) is 17.8 Å². The molecule has 110 valence electrons. The first-order valence-corrected chi connectivity index (χ1v) is 6.82. The second-order valence-corrected chi connectivity index (χ2v) is 5.77. The van der Waals surface area contributed by atoms with E-state index in [2.05, 4.69) is 4.98 Å². The summed E-state index contributed by atoms with van der Waals surface area (Å²) in [4.78, 5) is 4.37. The predicted octanol–water partition coefficient (Wildman–Crippen LogP) is 5.16. The van der Waals surface area contributed by atoms with Gasteiger partial charge in [-0.2, -0.15) is 13.2 Å². The van der Waals surface area contributed by atoms with E-state index in [0.717, 1.165) is 5.56 Å². The number of aryl methyl sites for hydroxylation is 1. The van der Waals surface area contributed by atoms with Crippen molar-refractivity contribution in [3.63, 3.8) is 0 Å². The monoisotopic (exact) mass is 304 g/mol. The molecule has 0 amide bonds. The van der Waals surface area contributed by atoms with Gasteiger partial charge in [-0.25, -0.2) is 4.98 Å². The maximum atomic E-state index is 12.6. The predicted molar refractivity (Wildman–Crippen MR) is 74.1 cm³/mol. The first-order valence-electron chi connectivity index (χ1n) is 6.38. The molecule has 2 nitrogen and oxygen atoms in total. The average molecular weight is 305 g/mol.